The Balaban J connectivity index is 2.99. The van der Waals surface area contributed by atoms with Crippen molar-refractivity contribution in [1.29, 1.82) is 0 Å². The molecule has 0 aliphatic carbocycles. The van der Waals surface area contributed by atoms with Gasteiger partial charge in [0, 0.05) is 0 Å². The van der Waals surface area contributed by atoms with Crippen LogP contribution in [-0.2, 0) is 23.4 Å². The Labute approximate surface area is 110 Å². The Morgan fingerprint density at radius 3 is 2.42 bits per heavy atom. The van der Waals surface area contributed by atoms with E-state index >= 15 is 0 Å². The first-order chi connectivity index (χ1) is 8.71. The molecule has 0 N–H and O–H groups in total. The summed E-state index contributed by atoms with van der Waals surface area (Å²) >= 11 is 0. The number of alkyl halides is 3. The van der Waals surface area contributed by atoms with Gasteiger partial charge in [0.2, 0.25) is 0 Å². The molecule has 0 aliphatic heterocycles. The Hall–Kier alpha value is -1.05. The van der Waals surface area contributed by atoms with Crippen LogP contribution >= 0.6 is 0 Å². The molecule has 0 amide bonds. The van der Waals surface area contributed by atoms with Gasteiger partial charge in [-0.05, 0) is 12.8 Å². The van der Waals surface area contributed by atoms with Crippen LogP contribution in [0.4, 0.5) is 13.2 Å². The van der Waals surface area contributed by atoms with Gasteiger partial charge in [0.15, 0.2) is 0 Å². The molecule has 19 heavy (non-hydrogen) atoms. The number of rotatable bonds is 6. The quantitative estimate of drug-likeness (QED) is 0.597. The number of hydrogen-bond donors (Lipinski definition) is 0. The molecular weight excluding hydrogens is 281 g/mol. The predicted molar refractivity (Wildman–Crippen MR) is 63.0 cm³/mol. The van der Waals surface area contributed by atoms with Crippen molar-refractivity contribution >= 4 is 9.84 Å². The molecule has 0 unspecified atom stereocenters. The zero-order valence-electron chi connectivity index (χ0n) is 10.9. The molecule has 1 aromatic rings. The van der Waals surface area contributed by atoms with E-state index in [9.17, 15) is 21.6 Å². The van der Waals surface area contributed by atoms with Crippen molar-refractivity contribution in [2.24, 2.45) is 7.05 Å². The third-order valence-corrected chi connectivity index (χ3v) is 4.43. The third-order valence-electron chi connectivity index (χ3n) is 2.82. The van der Waals surface area contributed by atoms with Gasteiger partial charge in [-0.2, -0.15) is 13.2 Å². The van der Waals surface area contributed by atoms with Crippen LogP contribution in [0.5, 0.6) is 0 Å². The maximum Gasteiger partial charge on any atom is 0.509 e. The van der Waals surface area contributed by atoms with Crippen LogP contribution in [0, 0.1) is 0 Å². The number of aryl methyl sites for hydroxylation is 2. The lowest BCUT2D eigenvalue weighted by atomic mass is 10.2. The summed E-state index contributed by atoms with van der Waals surface area (Å²) in [5, 5.41) is -0.712. The minimum Gasteiger partial charge on any atom is -0.223 e. The normalized spacial score (nSPS) is 12.9. The Morgan fingerprint density at radius 2 is 1.89 bits per heavy atom. The monoisotopic (exact) mass is 299 g/mol. The van der Waals surface area contributed by atoms with Crippen molar-refractivity contribution in [3.63, 3.8) is 0 Å². The van der Waals surface area contributed by atoms with E-state index < -0.39 is 20.5 Å². The highest BCUT2D eigenvalue weighted by atomic mass is 32.2. The molecule has 0 aliphatic rings. The lowest BCUT2D eigenvalue weighted by Gasteiger charge is -2.07. The minimum atomic E-state index is -5.31. The van der Waals surface area contributed by atoms with Crippen molar-refractivity contribution in [3.05, 3.63) is 12.4 Å². The second-order valence-electron chi connectivity index (χ2n) is 4.39. The largest absolute Gasteiger partial charge is 0.509 e. The number of nitrogens with zero attached hydrogens (tertiary/aromatic N) is 2. The van der Waals surface area contributed by atoms with Gasteiger partial charge in [-0.15, -0.1) is 0 Å². The van der Waals surface area contributed by atoms with E-state index in [-0.39, 0.29) is 6.54 Å². The molecule has 1 rings (SSSR count). The van der Waals surface area contributed by atoms with E-state index in [4.69, 9.17) is 0 Å². The molecule has 4 nitrogen and oxygen atoms in total. The summed E-state index contributed by atoms with van der Waals surface area (Å²) in [4.78, 5) is 0. The smallest absolute Gasteiger partial charge is 0.223 e. The van der Waals surface area contributed by atoms with Gasteiger partial charge in [-0.25, -0.2) is 17.6 Å². The van der Waals surface area contributed by atoms with Gasteiger partial charge in [0.1, 0.15) is 12.4 Å². The molecule has 0 aromatic carbocycles. The summed E-state index contributed by atoms with van der Waals surface area (Å²) in [7, 11) is -4.02. The lowest BCUT2D eigenvalue weighted by molar-refractivity contribution is -0.710. The van der Waals surface area contributed by atoms with Gasteiger partial charge in [0.05, 0.1) is 13.6 Å². The molecule has 0 spiro atoms. The van der Waals surface area contributed by atoms with Gasteiger partial charge in [0.25, 0.3) is 0 Å². The van der Waals surface area contributed by atoms with Gasteiger partial charge < -0.3 is 0 Å². The molecule has 1 heterocycles. The molecule has 1 aromatic heterocycles. The Morgan fingerprint density at radius 1 is 1.26 bits per heavy atom. The standard InChI is InChI=1S/C11H18F3N2O2S/c1-3-4-5-6-7-16-9-8-15(2)10(16)19(17,18)11(12,13)14/h8-9H,3-7H2,1-2H3/q+1. The van der Waals surface area contributed by atoms with Crippen LogP contribution in [0.3, 0.4) is 0 Å². The number of halogens is 3. The third kappa shape index (κ3) is 3.49. The van der Waals surface area contributed by atoms with E-state index in [1.165, 1.54) is 19.4 Å². The molecule has 0 fully saturated rings. The average Bonchev–Trinajstić information content (AvgIpc) is 2.65. The predicted octanol–water partition coefficient (Wildman–Crippen LogP) is 2.19. The number of unbranched alkanes of at least 4 members (excludes halogenated alkanes) is 3. The van der Waals surface area contributed by atoms with E-state index in [0.29, 0.717) is 6.42 Å². The second kappa shape index (κ2) is 5.94. The highest BCUT2D eigenvalue weighted by Crippen LogP contribution is 2.28. The fraction of sp³-hybridized carbons (Fsp3) is 0.727. The summed E-state index contributed by atoms with van der Waals surface area (Å²) in [6.07, 6.45) is 6.19. The second-order valence-corrected chi connectivity index (χ2v) is 6.23. The summed E-state index contributed by atoms with van der Waals surface area (Å²) in [6, 6.07) is 0. The van der Waals surface area contributed by atoms with E-state index in [1.807, 2.05) is 6.92 Å². The van der Waals surface area contributed by atoms with Crippen LogP contribution < -0.4 is 4.57 Å². The van der Waals surface area contributed by atoms with Crippen molar-refractivity contribution in [3.8, 4) is 0 Å². The molecule has 0 atom stereocenters. The minimum absolute atomic E-state index is 0.269. The van der Waals surface area contributed by atoms with E-state index in [2.05, 4.69) is 0 Å². The van der Waals surface area contributed by atoms with Gasteiger partial charge in [-0.1, -0.05) is 19.8 Å². The van der Waals surface area contributed by atoms with Crippen LogP contribution in [0.25, 0.3) is 0 Å². The Kier molecular flexibility index (Phi) is 5.00. The molecule has 0 saturated carbocycles. The molecule has 0 bridgehead atoms. The first-order valence-electron chi connectivity index (χ1n) is 6.08. The molecular formula is C11H18F3N2O2S+. The first kappa shape index (κ1) is 16.0. The van der Waals surface area contributed by atoms with Crippen molar-refractivity contribution in [2.75, 3.05) is 0 Å². The summed E-state index contributed by atoms with van der Waals surface area (Å²) in [6.45, 7) is 2.29. The number of aromatic nitrogens is 2. The molecule has 0 radical (unpaired) electrons. The van der Waals surface area contributed by atoms with E-state index in [1.54, 1.807) is 0 Å². The summed E-state index contributed by atoms with van der Waals surface area (Å²) < 4.78 is 62.9. The topological polar surface area (TPSA) is 43.0 Å². The van der Waals surface area contributed by atoms with Crippen LogP contribution in [0.15, 0.2) is 17.6 Å². The number of sulfone groups is 1. The SMILES string of the molecule is CCCCCCn1cc[n+](C)c1S(=O)(=O)C(F)(F)F. The van der Waals surface area contributed by atoms with Gasteiger partial charge >= 0.3 is 20.5 Å². The average molecular weight is 299 g/mol. The Bertz CT molecular complexity index is 521. The fourth-order valence-corrected chi connectivity index (χ4v) is 2.95. The first-order valence-corrected chi connectivity index (χ1v) is 7.56. The maximum absolute atomic E-state index is 12.6. The summed E-state index contributed by atoms with van der Waals surface area (Å²) in [5.74, 6) is 0. The van der Waals surface area contributed by atoms with Crippen molar-refractivity contribution in [2.45, 2.75) is 49.8 Å². The fourth-order valence-electron chi connectivity index (χ4n) is 1.84. The van der Waals surface area contributed by atoms with Crippen LogP contribution in [-0.4, -0.2) is 18.5 Å². The highest BCUT2D eigenvalue weighted by Gasteiger charge is 2.53. The zero-order chi connectivity index (χ0) is 14.7. The lowest BCUT2D eigenvalue weighted by Crippen LogP contribution is -2.39. The highest BCUT2D eigenvalue weighted by molar-refractivity contribution is 7.92. The van der Waals surface area contributed by atoms with E-state index in [0.717, 1.165) is 28.4 Å². The van der Waals surface area contributed by atoms with Crippen LogP contribution in [0.1, 0.15) is 32.6 Å². The van der Waals surface area contributed by atoms with Crippen LogP contribution in [0.2, 0.25) is 0 Å². The van der Waals surface area contributed by atoms with Crippen molar-refractivity contribution in [1.82, 2.24) is 4.57 Å². The summed E-state index contributed by atoms with van der Waals surface area (Å²) in [5.41, 5.74) is -5.27. The molecule has 110 valence electrons. The van der Waals surface area contributed by atoms with Crippen molar-refractivity contribution < 1.29 is 26.2 Å². The molecule has 0 saturated heterocycles. The van der Waals surface area contributed by atoms with Gasteiger partial charge in [-0.3, -0.25) is 0 Å². The number of imidazole rings is 1. The zero-order valence-corrected chi connectivity index (χ0v) is 11.8. The maximum atomic E-state index is 12.6. The number of hydrogen-bond acceptors (Lipinski definition) is 2. The molecule has 8 heteroatoms.